The fourth-order valence-corrected chi connectivity index (χ4v) is 2.83. The molecule has 1 aliphatic rings. The van der Waals surface area contributed by atoms with Crippen LogP contribution in [-0.4, -0.2) is 57.9 Å². The van der Waals surface area contributed by atoms with E-state index in [1.54, 1.807) is 22.1 Å². The lowest BCUT2D eigenvalue weighted by atomic mass is 10.2. The number of carbonyl (C=O) groups is 2. The van der Waals surface area contributed by atoms with Crippen molar-refractivity contribution in [2.24, 2.45) is 0 Å². The highest BCUT2D eigenvalue weighted by molar-refractivity contribution is 6.31. The second-order valence-corrected chi connectivity index (χ2v) is 6.62. The predicted molar refractivity (Wildman–Crippen MR) is 99.5 cm³/mol. The van der Waals surface area contributed by atoms with Gasteiger partial charge in [-0.15, -0.1) is 0 Å². The summed E-state index contributed by atoms with van der Waals surface area (Å²) in [6, 6.07) is 5.20. The Balaban J connectivity index is 1.55. The molecule has 1 aliphatic heterocycles. The summed E-state index contributed by atoms with van der Waals surface area (Å²) in [7, 11) is 0. The number of rotatable bonds is 2. The Morgan fingerprint density at radius 1 is 1.04 bits per heavy atom. The maximum atomic E-state index is 12.4. The quantitative estimate of drug-likeness (QED) is 0.877. The molecule has 1 aromatic carbocycles. The van der Waals surface area contributed by atoms with Crippen molar-refractivity contribution >= 4 is 29.2 Å². The minimum absolute atomic E-state index is 0.164. The van der Waals surface area contributed by atoms with Crippen LogP contribution in [0.4, 0.5) is 10.5 Å². The average molecular weight is 374 g/mol. The summed E-state index contributed by atoms with van der Waals surface area (Å²) in [4.78, 5) is 36.4. The van der Waals surface area contributed by atoms with Gasteiger partial charge in [0.2, 0.25) is 0 Å². The standard InChI is InChI=1S/C18H20ClN5O2/c1-12-3-4-14(9-15(12)19)22-18(26)24-7-5-23(6-8-24)17(25)16-11-20-13(2)10-21-16/h3-4,9-11H,5-8H2,1-2H3,(H,22,26). The minimum Gasteiger partial charge on any atom is -0.334 e. The molecule has 0 bridgehead atoms. The summed E-state index contributed by atoms with van der Waals surface area (Å²) >= 11 is 6.08. The number of benzene rings is 1. The highest BCUT2D eigenvalue weighted by Crippen LogP contribution is 2.20. The third kappa shape index (κ3) is 4.11. The Kier molecular flexibility index (Phi) is 5.37. The number of hydrogen-bond acceptors (Lipinski definition) is 4. The van der Waals surface area contributed by atoms with Crippen LogP contribution in [0.15, 0.2) is 30.6 Å². The van der Waals surface area contributed by atoms with Gasteiger partial charge in [-0.2, -0.15) is 0 Å². The minimum atomic E-state index is -0.202. The lowest BCUT2D eigenvalue weighted by Gasteiger charge is -2.34. The van der Waals surface area contributed by atoms with E-state index in [0.717, 1.165) is 11.3 Å². The Morgan fingerprint density at radius 2 is 1.73 bits per heavy atom. The lowest BCUT2D eigenvalue weighted by Crippen LogP contribution is -2.51. The predicted octanol–water partition coefficient (Wildman–Crippen LogP) is 2.74. The van der Waals surface area contributed by atoms with Crippen molar-refractivity contribution in [2.45, 2.75) is 13.8 Å². The number of nitrogens with zero attached hydrogens (tertiary/aromatic N) is 4. The number of piperazine rings is 1. The largest absolute Gasteiger partial charge is 0.334 e. The number of hydrogen-bond donors (Lipinski definition) is 1. The molecular formula is C18H20ClN5O2. The first kappa shape index (κ1) is 18.1. The topological polar surface area (TPSA) is 78.4 Å². The van der Waals surface area contributed by atoms with Gasteiger partial charge in [0.25, 0.3) is 5.91 Å². The van der Waals surface area contributed by atoms with Gasteiger partial charge in [0, 0.05) is 43.1 Å². The van der Waals surface area contributed by atoms with Crippen molar-refractivity contribution in [1.82, 2.24) is 19.8 Å². The Hall–Kier alpha value is -2.67. The number of anilines is 1. The van der Waals surface area contributed by atoms with E-state index in [1.807, 2.05) is 26.0 Å². The zero-order chi connectivity index (χ0) is 18.7. The van der Waals surface area contributed by atoms with Crippen LogP contribution in [0.25, 0.3) is 0 Å². The summed E-state index contributed by atoms with van der Waals surface area (Å²) in [5, 5.41) is 3.45. The molecule has 0 radical (unpaired) electrons. The molecule has 0 spiro atoms. The van der Waals surface area contributed by atoms with Crippen molar-refractivity contribution < 1.29 is 9.59 Å². The third-order valence-electron chi connectivity index (χ3n) is 4.28. The van der Waals surface area contributed by atoms with Crippen LogP contribution in [0.3, 0.4) is 0 Å². The van der Waals surface area contributed by atoms with Gasteiger partial charge in [-0.3, -0.25) is 9.78 Å². The van der Waals surface area contributed by atoms with Gasteiger partial charge >= 0.3 is 6.03 Å². The molecule has 3 amide bonds. The van der Waals surface area contributed by atoms with Gasteiger partial charge in [0.05, 0.1) is 11.9 Å². The molecular weight excluding hydrogens is 354 g/mol. The highest BCUT2D eigenvalue weighted by atomic mass is 35.5. The molecule has 1 saturated heterocycles. The van der Waals surface area contributed by atoms with Crippen molar-refractivity contribution in [3.63, 3.8) is 0 Å². The van der Waals surface area contributed by atoms with E-state index in [2.05, 4.69) is 15.3 Å². The van der Waals surface area contributed by atoms with Crippen LogP contribution in [0.1, 0.15) is 21.7 Å². The van der Waals surface area contributed by atoms with Crippen LogP contribution in [0.5, 0.6) is 0 Å². The SMILES string of the molecule is Cc1cnc(C(=O)N2CCN(C(=O)Nc3ccc(C)c(Cl)c3)CC2)cn1. The molecule has 2 aromatic rings. The van der Waals surface area contributed by atoms with Gasteiger partial charge in [0.1, 0.15) is 5.69 Å². The van der Waals surface area contributed by atoms with Crippen LogP contribution in [0, 0.1) is 13.8 Å². The number of urea groups is 1. The number of aromatic nitrogens is 2. The first-order valence-electron chi connectivity index (χ1n) is 8.34. The monoisotopic (exact) mass is 373 g/mol. The highest BCUT2D eigenvalue weighted by Gasteiger charge is 2.25. The number of nitrogens with one attached hydrogen (secondary N) is 1. The number of halogens is 1. The average Bonchev–Trinajstić information content (AvgIpc) is 2.65. The van der Waals surface area contributed by atoms with Gasteiger partial charge in [-0.1, -0.05) is 17.7 Å². The second kappa shape index (κ2) is 7.70. The van der Waals surface area contributed by atoms with Gasteiger partial charge in [-0.05, 0) is 31.5 Å². The fraction of sp³-hybridized carbons (Fsp3) is 0.333. The molecule has 0 unspecified atom stereocenters. The smallest absolute Gasteiger partial charge is 0.321 e. The summed E-state index contributed by atoms with van der Waals surface area (Å²) in [6.07, 6.45) is 3.06. The van der Waals surface area contributed by atoms with Crippen LogP contribution >= 0.6 is 11.6 Å². The molecule has 1 fully saturated rings. The molecule has 0 atom stereocenters. The van der Waals surface area contributed by atoms with E-state index >= 15 is 0 Å². The third-order valence-corrected chi connectivity index (χ3v) is 4.68. The van der Waals surface area contributed by atoms with E-state index in [0.29, 0.717) is 42.6 Å². The fourth-order valence-electron chi connectivity index (χ4n) is 2.65. The Labute approximate surface area is 157 Å². The van der Waals surface area contributed by atoms with Gasteiger partial charge in [-0.25, -0.2) is 9.78 Å². The molecule has 3 rings (SSSR count). The van der Waals surface area contributed by atoms with Crippen molar-refractivity contribution in [3.05, 3.63) is 52.6 Å². The normalized spacial score (nSPS) is 14.3. The molecule has 136 valence electrons. The maximum absolute atomic E-state index is 12.4. The molecule has 1 N–H and O–H groups in total. The van der Waals surface area contributed by atoms with E-state index in [4.69, 9.17) is 11.6 Å². The summed E-state index contributed by atoms with van der Waals surface area (Å²) in [5.74, 6) is -0.164. The van der Waals surface area contributed by atoms with Gasteiger partial charge < -0.3 is 15.1 Å². The van der Waals surface area contributed by atoms with Crippen LogP contribution in [0.2, 0.25) is 5.02 Å². The second-order valence-electron chi connectivity index (χ2n) is 6.22. The number of aryl methyl sites for hydroxylation is 2. The molecule has 1 aromatic heterocycles. The van der Waals surface area contributed by atoms with Crippen LogP contribution < -0.4 is 5.32 Å². The van der Waals surface area contributed by atoms with Crippen LogP contribution in [-0.2, 0) is 0 Å². The molecule has 8 heteroatoms. The molecule has 7 nitrogen and oxygen atoms in total. The van der Waals surface area contributed by atoms with Crippen molar-refractivity contribution in [1.29, 1.82) is 0 Å². The molecule has 2 heterocycles. The number of carbonyl (C=O) groups excluding carboxylic acids is 2. The summed E-state index contributed by atoms with van der Waals surface area (Å²) in [6.45, 7) is 5.54. The maximum Gasteiger partial charge on any atom is 0.321 e. The van der Waals surface area contributed by atoms with E-state index < -0.39 is 0 Å². The zero-order valence-corrected chi connectivity index (χ0v) is 15.5. The van der Waals surface area contributed by atoms with Crippen molar-refractivity contribution in [3.8, 4) is 0 Å². The molecule has 0 saturated carbocycles. The van der Waals surface area contributed by atoms with E-state index in [1.165, 1.54) is 6.20 Å². The Morgan fingerprint density at radius 3 is 2.35 bits per heavy atom. The van der Waals surface area contributed by atoms with E-state index in [-0.39, 0.29) is 11.9 Å². The zero-order valence-electron chi connectivity index (χ0n) is 14.7. The first-order chi connectivity index (χ1) is 12.4. The lowest BCUT2D eigenvalue weighted by molar-refractivity contribution is 0.0665. The van der Waals surface area contributed by atoms with Gasteiger partial charge in [0.15, 0.2) is 0 Å². The summed E-state index contributed by atoms with van der Waals surface area (Å²) < 4.78 is 0. The Bertz CT molecular complexity index is 817. The van der Waals surface area contributed by atoms with E-state index in [9.17, 15) is 9.59 Å². The first-order valence-corrected chi connectivity index (χ1v) is 8.72. The molecule has 26 heavy (non-hydrogen) atoms. The van der Waals surface area contributed by atoms with Crippen molar-refractivity contribution in [2.75, 3.05) is 31.5 Å². The molecule has 0 aliphatic carbocycles. The number of amides is 3. The summed E-state index contributed by atoms with van der Waals surface area (Å²) in [5.41, 5.74) is 2.69.